The van der Waals surface area contributed by atoms with Gasteiger partial charge in [-0.25, -0.2) is 4.98 Å². The standard InChI is InChI=1S/C15H11ClN4O4S/c1-19(7-12-17-11-4-5-25-13(11)14(21)18-12)15(22)9-6-8(20(23)24)2-3-10(9)16/h2-6H,7H2,1H3,(H,17,18,21). The number of nitro groups is 1. The van der Waals surface area contributed by atoms with Crippen LogP contribution in [-0.2, 0) is 6.54 Å². The van der Waals surface area contributed by atoms with Crippen LogP contribution in [-0.4, -0.2) is 32.7 Å². The number of benzene rings is 1. The minimum Gasteiger partial charge on any atom is -0.334 e. The molecule has 2 aromatic heterocycles. The van der Waals surface area contributed by atoms with Crippen LogP contribution < -0.4 is 5.56 Å². The summed E-state index contributed by atoms with van der Waals surface area (Å²) in [6.45, 7) is 0.0267. The highest BCUT2D eigenvalue weighted by Gasteiger charge is 2.20. The molecular weight excluding hydrogens is 368 g/mol. The smallest absolute Gasteiger partial charge is 0.270 e. The van der Waals surface area contributed by atoms with Crippen LogP contribution in [0, 0.1) is 10.1 Å². The maximum absolute atomic E-state index is 12.5. The number of rotatable bonds is 4. The van der Waals surface area contributed by atoms with Crippen LogP contribution in [0.1, 0.15) is 16.2 Å². The van der Waals surface area contributed by atoms with Crippen LogP contribution in [0.5, 0.6) is 0 Å². The predicted molar refractivity (Wildman–Crippen MR) is 94.1 cm³/mol. The van der Waals surface area contributed by atoms with E-state index in [4.69, 9.17) is 11.6 Å². The molecule has 0 saturated heterocycles. The molecule has 0 atom stereocenters. The SMILES string of the molecule is CN(Cc1nc2ccsc2c(=O)[nH]1)C(=O)c1cc([N+](=O)[O-])ccc1Cl. The minimum atomic E-state index is -0.601. The molecule has 25 heavy (non-hydrogen) atoms. The van der Waals surface area contributed by atoms with Crippen molar-refractivity contribution in [2.24, 2.45) is 0 Å². The number of carbonyl (C=O) groups excluding carboxylic acids is 1. The van der Waals surface area contributed by atoms with Gasteiger partial charge in [0.25, 0.3) is 17.2 Å². The largest absolute Gasteiger partial charge is 0.334 e. The van der Waals surface area contributed by atoms with Gasteiger partial charge in [-0.05, 0) is 17.5 Å². The lowest BCUT2D eigenvalue weighted by molar-refractivity contribution is -0.384. The van der Waals surface area contributed by atoms with E-state index >= 15 is 0 Å². The van der Waals surface area contributed by atoms with Gasteiger partial charge in [0.1, 0.15) is 10.5 Å². The van der Waals surface area contributed by atoms with Gasteiger partial charge in [-0.1, -0.05) is 11.6 Å². The Hall–Kier alpha value is -2.78. The van der Waals surface area contributed by atoms with Crippen LogP contribution in [0.2, 0.25) is 5.02 Å². The van der Waals surface area contributed by atoms with Gasteiger partial charge in [0, 0.05) is 19.2 Å². The second-order valence-corrected chi connectivity index (χ2v) is 6.55. The zero-order valence-electron chi connectivity index (χ0n) is 12.9. The number of aromatic nitrogens is 2. The molecule has 0 aliphatic heterocycles. The second-order valence-electron chi connectivity index (χ2n) is 5.23. The molecule has 3 aromatic rings. The van der Waals surface area contributed by atoms with Crippen molar-refractivity contribution in [1.29, 1.82) is 0 Å². The lowest BCUT2D eigenvalue weighted by Gasteiger charge is -2.17. The summed E-state index contributed by atoms with van der Waals surface area (Å²) in [7, 11) is 1.50. The van der Waals surface area contributed by atoms with Crippen molar-refractivity contribution in [3.8, 4) is 0 Å². The van der Waals surface area contributed by atoms with Crippen molar-refractivity contribution in [3.63, 3.8) is 0 Å². The van der Waals surface area contributed by atoms with Gasteiger partial charge in [0.05, 0.1) is 27.6 Å². The van der Waals surface area contributed by atoms with Crippen molar-refractivity contribution in [2.45, 2.75) is 6.54 Å². The molecule has 3 rings (SSSR count). The summed E-state index contributed by atoms with van der Waals surface area (Å²) < 4.78 is 0.513. The molecule has 0 unspecified atom stereocenters. The number of non-ortho nitro benzene ring substituents is 1. The van der Waals surface area contributed by atoms with Crippen LogP contribution >= 0.6 is 22.9 Å². The number of amides is 1. The quantitative estimate of drug-likeness (QED) is 0.554. The molecule has 0 fully saturated rings. The summed E-state index contributed by atoms with van der Waals surface area (Å²) in [5.74, 6) is -0.199. The first kappa shape index (κ1) is 17.1. The van der Waals surface area contributed by atoms with Crippen molar-refractivity contribution in [2.75, 3.05) is 7.05 Å². The lowest BCUT2D eigenvalue weighted by Crippen LogP contribution is -2.28. The molecule has 1 N–H and O–H groups in total. The summed E-state index contributed by atoms with van der Waals surface area (Å²) in [6, 6.07) is 5.37. The summed E-state index contributed by atoms with van der Waals surface area (Å²) in [5.41, 5.74) is 0.0620. The highest BCUT2D eigenvalue weighted by Crippen LogP contribution is 2.23. The lowest BCUT2D eigenvalue weighted by atomic mass is 10.1. The molecule has 128 valence electrons. The molecule has 10 heteroatoms. The number of nitro benzene ring substituents is 1. The second kappa shape index (κ2) is 6.61. The van der Waals surface area contributed by atoms with E-state index in [2.05, 4.69) is 9.97 Å². The van der Waals surface area contributed by atoms with Gasteiger partial charge in [-0.2, -0.15) is 0 Å². The number of hydrogen-bond acceptors (Lipinski definition) is 6. The van der Waals surface area contributed by atoms with E-state index in [1.54, 1.807) is 11.4 Å². The molecule has 8 nitrogen and oxygen atoms in total. The third-order valence-corrected chi connectivity index (χ3v) is 4.72. The third kappa shape index (κ3) is 3.37. The molecule has 0 aliphatic carbocycles. The Labute approximate surface area is 149 Å². The van der Waals surface area contributed by atoms with Crippen LogP contribution in [0.25, 0.3) is 10.2 Å². The van der Waals surface area contributed by atoms with Gasteiger partial charge >= 0.3 is 0 Å². The van der Waals surface area contributed by atoms with Crippen molar-refractivity contribution < 1.29 is 9.72 Å². The number of carbonyl (C=O) groups is 1. The predicted octanol–water partition coefficient (Wildman–Crippen LogP) is 2.82. The number of aromatic amines is 1. The van der Waals surface area contributed by atoms with Gasteiger partial charge in [0.15, 0.2) is 0 Å². The number of fused-ring (bicyclic) bond motifs is 1. The molecule has 0 spiro atoms. The van der Waals surface area contributed by atoms with Crippen molar-refractivity contribution >= 4 is 44.7 Å². The zero-order chi connectivity index (χ0) is 18.1. The Morgan fingerprint density at radius 2 is 2.20 bits per heavy atom. The van der Waals surface area contributed by atoms with E-state index in [1.165, 1.54) is 35.4 Å². The molecule has 0 radical (unpaired) electrons. The number of halogens is 1. The normalized spacial score (nSPS) is 10.8. The van der Waals surface area contributed by atoms with E-state index in [0.717, 1.165) is 6.07 Å². The molecule has 0 bridgehead atoms. The van der Waals surface area contributed by atoms with Crippen molar-refractivity contribution in [3.05, 3.63) is 66.5 Å². The number of nitrogens with one attached hydrogen (secondary N) is 1. The Morgan fingerprint density at radius 1 is 1.44 bits per heavy atom. The summed E-state index contributed by atoms with van der Waals surface area (Å²) in [5, 5.41) is 12.7. The molecular formula is C15H11ClN4O4S. The number of H-pyrrole nitrogens is 1. The highest BCUT2D eigenvalue weighted by atomic mass is 35.5. The number of thiophene rings is 1. The van der Waals surface area contributed by atoms with Crippen LogP contribution in [0.3, 0.4) is 0 Å². The summed E-state index contributed by atoms with van der Waals surface area (Å²) >= 11 is 7.27. The Morgan fingerprint density at radius 3 is 2.92 bits per heavy atom. The van der Waals surface area contributed by atoms with Crippen LogP contribution in [0.4, 0.5) is 5.69 Å². The Balaban J connectivity index is 1.88. The number of nitrogens with zero attached hydrogens (tertiary/aromatic N) is 3. The van der Waals surface area contributed by atoms with Crippen LogP contribution in [0.15, 0.2) is 34.4 Å². The first-order valence-electron chi connectivity index (χ1n) is 7.02. The van der Waals surface area contributed by atoms with Gasteiger partial charge in [0.2, 0.25) is 0 Å². The summed E-state index contributed by atoms with van der Waals surface area (Å²) in [4.78, 5) is 43.0. The fourth-order valence-corrected chi connectivity index (χ4v) is 3.21. The van der Waals surface area contributed by atoms with Gasteiger partial charge in [-0.3, -0.25) is 19.7 Å². The van der Waals surface area contributed by atoms with E-state index < -0.39 is 10.8 Å². The third-order valence-electron chi connectivity index (χ3n) is 3.49. The molecule has 1 amide bonds. The average molecular weight is 379 g/mol. The van der Waals surface area contributed by atoms with E-state index in [1.807, 2.05) is 0 Å². The molecule has 0 saturated carbocycles. The first-order valence-corrected chi connectivity index (χ1v) is 8.28. The molecule has 2 heterocycles. The minimum absolute atomic E-state index is 0.0114. The topological polar surface area (TPSA) is 109 Å². The first-order chi connectivity index (χ1) is 11.9. The van der Waals surface area contributed by atoms with Gasteiger partial charge in [-0.15, -0.1) is 11.3 Å². The molecule has 0 aliphatic rings. The Kier molecular flexibility index (Phi) is 4.51. The fraction of sp³-hybridized carbons (Fsp3) is 0.133. The van der Waals surface area contributed by atoms with E-state index in [9.17, 15) is 19.7 Å². The monoisotopic (exact) mass is 378 g/mol. The molecule has 1 aromatic carbocycles. The average Bonchev–Trinajstić information content (AvgIpc) is 3.03. The van der Waals surface area contributed by atoms with E-state index in [-0.39, 0.29) is 28.4 Å². The Bertz CT molecular complexity index is 1050. The fourth-order valence-electron chi connectivity index (χ4n) is 2.29. The zero-order valence-corrected chi connectivity index (χ0v) is 14.4. The summed E-state index contributed by atoms with van der Waals surface area (Å²) in [6.07, 6.45) is 0. The maximum atomic E-state index is 12.5. The maximum Gasteiger partial charge on any atom is 0.270 e. The van der Waals surface area contributed by atoms with Crippen molar-refractivity contribution in [1.82, 2.24) is 14.9 Å². The van der Waals surface area contributed by atoms with E-state index in [0.29, 0.717) is 16.0 Å². The highest BCUT2D eigenvalue weighted by molar-refractivity contribution is 7.17. The number of hydrogen-bond donors (Lipinski definition) is 1. The van der Waals surface area contributed by atoms with Gasteiger partial charge < -0.3 is 9.88 Å².